The Bertz CT molecular complexity index is 1890. The lowest BCUT2D eigenvalue weighted by Crippen LogP contribution is -2.51. The van der Waals surface area contributed by atoms with Gasteiger partial charge < -0.3 is 24.2 Å². The largest absolute Gasteiger partial charge is 0.755 e. The van der Waals surface area contributed by atoms with Gasteiger partial charge in [0.05, 0.1) is 6.42 Å². The van der Waals surface area contributed by atoms with Crippen LogP contribution in [0.5, 0.6) is 0 Å². The summed E-state index contributed by atoms with van der Waals surface area (Å²) >= 11 is -2.82. The molecular weight excluding hydrogens is 689 g/mol. The lowest BCUT2D eigenvalue weighted by molar-refractivity contribution is -0.135. The van der Waals surface area contributed by atoms with E-state index < -0.39 is 29.3 Å². The molecule has 2 heterocycles. The average molecular weight is 738 g/mol. The van der Waals surface area contributed by atoms with Gasteiger partial charge in [-0.1, -0.05) is 92.2 Å². The number of hydrogen-bond acceptors (Lipinski definition) is 7. The van der Waals surface area contributed by atoms with Gasteiger partial charge in [-0.15, -0.1) is 0 Å². The molecule has 3 aliphatic rings. The van der Waals surface area contributed by atoms with Crippen molar-refractivity contribution in [3.05, 3.63) is 126 Å². The van der Waals surface area contributed by atoms with Crippen LogP contribution in [0.4, 0.5) is 5.69 Å². The molecule has 3 atom stereocenters. The summed E-state index contributed by atoms with van der Waals surface area (Å²) in [4.78, 5) is 32.2. The molecule has 3 aromatic carbocycles. The van der Waals surface area contributed by atoms with E-state index in [2.05, 4.69) is 42.3 Å². The van der Waals surface area contributed by atoms with Gasteiger partial charge >= 0.3 is 0 Å². The van der Waals surface area contributed by atoms with Gasteiger partial charge in [0.15, 0.2) is 5.76 Å². The second-order valence-corrected chi connectivity index (χ2v) is 14.6. The summed E-state index contributed by atoms with van der Waals surface area (Å²) < 4.78 is 39.5. The number of anilines is 1. The van der Waals surface area contributed by atoms with Crippen molar-refractivity contribution in [1.82, 2.24) is 15.1 Å². The SMILES string of the molecule is CCN(CC)Cc1ccc(CC(NC(=O)CC(C2=COC=C(CC3=CC=CCC3)O2)N(c2ccc3ccccc3c2)S(=O)[O-])C(=O)N2CCCC2)cc1. The number of carbonyl (C=O) groups excluding carboxylic acids is 2. The Kier molecular flexibility index (Phi) is 13.2. The van der Waals surface area contributed by atoms with Gasteiger partial charge in [0.25, 0.3) is 0 Å². The van der Waals surface area contributed by atoms with Crippen LogP contribution in [0.3, 0.4) is 0 Å². The fourth-order valence-corrected chi connectivity index (χ4v) is 7.79. The zero-order valence-corrected chi connectivity index (χ0v) is 31.4. The molecule has 2 amide bonds. The van der Waals surface area contributed by atoms with Crippen LogP contribution in [-0.4, -0.2) is 68.6 Å². The molecular formula is C42H49N4O6S-. The number of rotatable bonds is 16. The van der Waals surface area contributed by atoms with Crippen LogP contribution >= 0.6 is 0 Å². The molecule has 3 aromatic rings. The van der Waals surface area contributed by atoms with Crippen molar-refractivity contribution in [3.8, 4) is 0 Å². The standard InChI is InChI=1S/C42H50N4O6S/c1-3-44(4-2)28-33-18-16-32(17-19-33)25-38(42(48)45-22-10-11-23-45)43-41(47)27-39(40-30-51-29-37(52-40)24-31-12-6-5-7-13-31)46(53(49)50)36-21-20-34-14-8-9-15-35(34)26-36/h5-6,8-9,12,14-21,26,29-30,38-39H,3-4,7,10-11,13,22-25,27-28H2,1-2H3,(H,43,47)(H,49,50)/p-1. The van der Waals surface area contributed by atoms with Crippen LogP contribution in [0.15, 0.2) is 115 Å². The Morgan fingerprint density at radius 1 is 0.962 bits per heavy atom. The highest BCUT2D eigenvalue weighted by molar-refractivity contribution is 7.80. The first-order valence-corrected chi connectivity index (χ1v) is 19.7. The molecule has 1 fully saturated rings. The first-order valence-electron chi connectivity index (χ1n) is 18.6. The van der Waals surface area contributed by atoms with Crippen LogP contribution in [0.25, 0.3) is 10.8 Å². The molecule has 0 spiro atoms. The molecule has 1 aliphatic carbocycles. The number of nitrogens with zero attached hydrogens (tertiary/aromatic N) is 3. The van der Waals surface area contributed by atoms with Crippen LogP contribution < -0.4 is 9.62 Å². The van der Waals surface area contributed by atoms with Gasteiger partial charge in [-0.3, -0.25) is 23.0 Å². The third-order valence-electron chi connectivity index (χ3n) is 10.1. The molecule has 53 heavy (non-hydrogen) atoms. The normalized spacial score (nSPS) is 17.3. The molecule has 3 unspecified atom stereocenters. The van der Waals surface area contributed by atoms with E-state index in [1.807, 2.05) is 54.6 Å². The first kappa shape index (κ1) is 38.0. The topological polar surface area (TPSA) is 114 Å². The molecule has 280 valence electrons. The van der Waals surface area contributed by atoms with E-state index in [4.69, 9.17) is 9.47 Å². The molecule has 2 aliphatic heterocycles. The predicted molar refractivity (Wildman–Crippen MR) is 208 cm³/mol. The summed E-state index contributed by atoms with van der Waals surface area (Å²) in [7, 11) is 0. The van der Waals surface area contributed by atoms with Crippen LogP contribution in [0, 0.1) is 0 Å². The number of fused-ring (bicyclic) bond motifs is 1. The van der Waals surface area contributed by atoms with Crippen molar-refractivity contribution in [2.75, 3.05) is 30.5 Å². The number of benzene rings is 3. The highest BCUT2D eigenvalue weighted by atomic mass is 32.2. The molecule has 0 aromatic heterocycles. The maximum absolute atomic E-state index is 14.2. The van der Waals surface area contributed by atoms with Gasteiger partial charge in [-0.25, -0.2) is 0 Å². The Morgan fingerprint density at radius 2 is 1.70 bits per heavy atom. The zero-order chi connectivity index (χ0) is 37.2. The zero-order valence-electron chi connectivity index (χ0n) is 30.6. The second-order valence-electron chi connectivity index (χ2n) is 13.7. The number of carbonyl (C=O) groups is 2. The summed E-state index contributed by atoms with van der Waals surface area (Å²) in [6, 6.07) is 19.2. The van der Waals surface area contributed by atoms with Crippen molar-refractivity contribution < 1.29 is 27.8 Å². The van der Waals surface area contributed by atoms with Gasteiger partial charge in [0, 0.05) is 49.4 Å². The van der Waals surface area contributed by atoms with E-state index in [1.54, 1.807) is 17.0 Å². The van der Waals surface area contributed by atoms with Crippen molar-refractivity contribution in [2.45, 2.75) is 77.4 Å². The summed E-state index contributed by atoms with van der Waals surface area (Å²) in [6.07, 6.45) is 13.1. The minimum Gasteiger partial charge on any atom is -0.755 e. The third kappa shape index (κ3) is 10.0. The van der Waals surface area contributed by atoms with E-state index in [-0.39, 0.29) is 18.1 Å². The summed E-state index contributed by atoms with van der Waals surface area (Å²) in [6.45, 7) is 8.31. The molecule has 10 nitrogen and oxygen atoms in total. The minimum atomic E-state index is -2.82. The molecule has 11 heteroatoms. The van der Waals surface area contributed by atoms with E-state index >= 15 is 0 Å². The lowest BCUT2D eigenvalue weighted by atomic mass is 10.0. The summed E-state index contributed by atoms with van der Waals surface area (Å²) in [5, 5.41) is 4.80. The van der Waals surface area contributed by atoms with E-state index in [0.717, 1.165) is 71.5 Å². The monoisotopic (exact) mass is 737 g/mol. The number of hydrogen-bond donors (Lipinski definition) is 1. The third-order valence-corrected chi connectivity index (χ3v) is 10.9. The number of allylic oxidation sites excluding steroid dienone is 4. The number of ether oxygens (including phenoxy) is 2. The Balaban J connectivity index is 1.26. The quantitative estimate of drug-likeness (QED) is 0.161. The van der Waals surface area contributed by atoms with Crippen LogP contribution in [-0.2, 0) is 43.3 Å². The second kappa shape index (κ2) is 18.4. The number of nitrogens with one attached hydrogen (secondary N) is 1. The molecule has 0 radical (unpaired) electrons. The van der Waals surface area contributed by atoms with Gasteiger partial charge in [-0.2, -0.15) is 0 Å². The maximum atomic E-state index is 14.2. The Hall–Kier alpha value is -4.71. The smallest absolute Gasteiger partial charge is 0.245 e. The first-order chi connectivity index (χ1) is 25.8. The van der Waals surface area contributed by atoms with E-state index in [1.165, 1.54) is 18.1 Å². The fourth-order valence-electron chi connectivity index (χ4n) is 7.12. The van der Waals surface area contributed by atoms with Crippen molar-refractivity contribution >= 4 is 39.5 Å². The number of likely N-dealkylation sites (tertiary alicyclic amines) is 1. The highest BCUT2D eigenvalue weighted by Crippen LogP contribution is 2.33. The fraction of sp³-hybridized carbons (Fsp3) is 0.381. The van der Waals surface area contributed by atoms with Crippen LogP contribution in [0.2, 0.25) is 0 Å². The lowest BCUT2D eigenvalue weighted by Gasteiger charge is -2.36. The van der Waals surface area contributed by atoms with Gasteiger partial charge in [0.2, 0.25) is 11.8 Å². The number of amides is 2. The Labute approximate surface area is 315 Å². The van der Waals surface area contributed by atoms with E-state index in [9.17, 15) is 18.4 Å². The van der Waals surface area contributed by atoms with Crippen LogP contribution in [0.1, 0.15) is 63.5 Å². The molecule has 6 rings (SSSR count). The molecule has 1 N–H and O–H groups in total. The Morgan fingerprint density at radius 3 is 2.40 bits per heavy atom. The van der Waals surface area contributed by atoms with Crippen molar-refractivity contribution in [2.24, 2.45) is 0 Å². The maximum Gasteiger partial charge on any atom is 0.245 e. The summed E-state index contributed by atoms with van der Waals surface area (Å²) in [5.74, 6) is 0.0573. The predicted octanol–water partition coefficient (Wildman–Crippen LogP) is 6.79. The minimum absolute atomic E-state index is 0.144. The molecule has 0 bridgehead atoms. The summed E-state index contributed by atoms with van der Waals surface area (Å²) in [5.41, 5.74) is 3.62. The highest BCUT2D eigenvalue weighted by Gasteiger charge is 2.34. The van der Waals surface area contributed by atoms with Crippen molar-refractivity contribution in [3.63, 3.8) is 0 Å². The molecule has 0 saturated carbocycles. The molecule has 1 saturated heterocycles. The van der Waals surface area contributed by atoms with Gasteiger partial charge in [0.1, 0.15) is 30.4 Å². The van der Waals surface area contributed by atoms with Gasteiger partial charge in [-0.05, 0) is 72.8 Å². The van der Waals surface area contributed by atoms with Crippen molar-refractivity contribution in [1.29, 1.82) is 0 Å². The average Bonchev–Trinajstić information content (AvgIpc) is 3.72. The van der Waals surface area contributed by atoms with E-state index in [0.29, 0.717) is 37.4 Å².